The fourth-order valence-corrected chi connectivity index (χ4v) is 6.39. The van der Waals surface area contributed by atoms with Gasteiger partial charge in [-0.1, -0.05) is 0 Å². The number of hydrogen-bond acceptors (Lipinski definition) is 7. The Hall–Kier alpha value is -4.94. The van der Waals surface area contributed by atoms with Gasteiger partial charge in [0, 0.05) is 48.4 Å². The van der Waals surface area contributed by atoms with E-state index < -0.39 is 23.9 Å². The van der Waals surface area contributed by atoms with Gasteiger partial charge in [-0.3, -0.25) is 9.89 Å². The molecule has 1 aliphatic heterocycles. The third-order valence-corrected chi connectivity index (χ3v) is 8.60. The van der Waals surface area contributed by atoms with Gasteiger partial charge >= 0.3 is 6.09 Å². The van der Waals surface area contributed by atoms with Crippen LogP contribution in [0.1, 0.15) is 56.0 Å². The van der Waals surface area contributed by atoms with E-state index in [0.717, 1.165) is 34.4 Å². The molecule has 5 aromatic rings. The van der Waals surface area contributed by atoms with Gasteiger partial charge in [0.2, 0.25) is 0 Å². The molecule has 246 valence electrons. The lowest BCUT2D eigenvalue weighted by Crippen LogP contribution is -2.54. The number of amides is 2. The molecule has 5 heterocycles. The van der Waals surface area contributed by atoms with Gasteiger partial charge in [0.1, 0.15) is 28.7 Å². The third kappa shape index (κ3) is 6.38. The van der Waals surface area contributed by atoms with Gasteiger partial charge < -0.3 is 28.8 Å². The number of nitrogens with one attached hydrogen (secondary N) is 2. The number of aromatic amines is 1. The Balaban J connectivity index is 1.28. The molecule has 0 spiro atoms. The van der Waals surface area contributed by atoms with E-state index in [4.69, 9.17) is 19.4 Å². The highest BCUT2D eigenvalue weighted by molar-refractivity contribution is 6.00. The molecule has 2 N–H and O–H groups in total. The fraction of sp³-hybridized carbons (Fsp3) is 0.441. The molecule has 1 saturated carbocycles. The molecular weight excluding hydrogens is 603 g/mol. The molecule has 12 nitrogen and oxygen atoms in total. The van der Waals surface area contributed by atoms with Crippen LogP contribution in [-0.4, -0.2) is 84.2 Å². The second kappa shape index (κ2) is 12.0. The van der Waals surface area contributed by atoms with Crippen molar-refractivity contribution >= 4 is 34.1 Å². The van der Waals surface area contributed by atoms with E-state index in [1.807, 2.05) is 12.3 Å². The minimum absolute atomic E-state index is 0.0832. The minimum Gasteiger partial charge on any atom is -0.494 e. The van der Waals surface area contributed by atoms with Crippen LogP contribution in [-0.2, 0) is 17.8 Å². The van der Waals surface area contributed by atoms with Gasteiger partial charge in [-0.05, 0) is 69.9 Å². The quantitative estimate of drug-likeness (QED) is 0.234. The maximum Gasteiger partial charge on any atom is 0.407 e. The number of imidazole rings is 1. The number of benzene rings is 1. The largest absolute Gasteiger partial charge is 0.494 e. The molecule has 1 saturated heterocycles. The number of aromatic nitrogens is 6. The Morgan fingerprint density at radius 3 is 2.70 bits per heavy atom. The Morgan fingerprint density at radius 1 is 1.15 bits per heavy atom. The van der Waals surface area contributed by atoms with Crippen LogP contribution in [0, 0.1) is 5.92 Å². The second-order valence-electron chi connectivity index (χ2n) is 13.6. The van der Waals surface area contributed by atoms with Gasteiger partial charge in [0.25, 0.3) is 5.91 Å². The van der Waals surface area contributed by atoms with Crippen molar-refractivity contribution in [3.8, 4) is 17.3 Å². The number of ether oxygens (including phenoxy) is 2. The molecule has 2 fully saturated rings. The molecule has 1 aliphatic carbocycles. The van der Waals surface area contributed by atoms with Crippen LogP contribution >= 0.6 is 0 Å². The van der Waals surface area contributed by atoms with Crippen molar-refractivity contribution in [2.75, 3.05) is 20.2 Å². The van der Waals surface area contributed by atoms with E-state index in [2.05, 4.69) is 36.8 Å². The average molecular weight is 643 g/mol. The van der Waals surface area contributed by atoms with Crippen molar-refractivity contribution < 1.29 is 23.5 Å². The number of alkyl carbamates (subject to hydrolysis) is 1. The highest BCUT2D eigenvalue weighted by Crippen LogP contribution is 2.38. The Labute approximate surface area is 271 Å². The van der Waals surface area contributed by atoms with E-state index in [9.17, 15) is 14.0 Å². The number of pyridine rings is 1. The SMILES string of the molecule is COc1cc(C(=O)N2C[C@H](F)C[C@@H](NC(=O)OC(C)(C)C)C2)cc2nc(-c3cc4cccnc4n3CC3CC3)n(Cc3cn[nH]c3)c12. The van der Waals surface area contributed by atoms with Crippen molar-refractivity contribution in [1.82, 2.24) is 39.5 Å². The molecule has 47 heavy (non-hydrogen) atoms. The summed E-state index contributed by atoms with van der Waals surface area (Å²) in [7, 11) is 1.56. The van der Waals surface area contributed by atoms with Crippen LogP contribution in [0.15, 0.2) is 48.9 Å². The van der Waals surface area contributed by atoms with Crippen molar-refractivity contribution in [1.29, 1.82) is 0 Å². The summed E-state index contributed by atoms with van der Waals surface area (Å²) in [6.07, 6.45) is 5.93. The number of piperidine rings is 1. The third-order valence-electron chi connectivity index (χ3n) is 8.60. The summed E-state index contributed by atoms with van der Waals surface area (Å²) in [5.74, 6) is 1.40. The number of hydrogen-bond donors (Lipinski definition) is 2. The number of methoxy groups -OCH3 is 1. The van der Waals surface area contributed by atoms with E-state index in [-0.39, 0.29) is 25.4 Å². The van der Waals surface area contributed by atoms with E-state index in [1.165, 1.54) is 17.7 Å². The van der Waals surface area contributed by atoms with Gasteiger partial charge in [-0.25, -0.2) is 19.2 Å². The molecule has 0 unspecified atom stereocenters. The fourth-order valence-electron chi connectivity index (χ4n) is 6.39. The molecular formula is C34H39FN8O4. The molecule has 7 rings (SSSR count). The number of rotatable bonds is 8. The summed E-state index contributed by atoms with van der Waals surface area (Å²) in [6, 6.07) is 8.92. The molecule has 2 aliphatic rings. The Morgan fingerprint density at radius 2 is 1.98 bits per heavy atom. The molecule has 13 heteroatoms. The molecule has 0 radical (unpaired) electrons. The summed E-state index contributed by atoms with van der Waals surface area (Å²) in [5, 5.41) is 10.8. The number of nitrogens with zero attached hydrogens (tertiary/aromatic N) is 6. The number of carbonyl (C=O) groups is 2. The lowest BCUT2D eigenvalue weighted by atomic mass is 10.0. The number of halogens is 1. The van der Waals surface area contributed by atoms with Crippen LogP contribution in [0.5, 0.6) is 5.75 Å². The monoisotopic (exact) mass is 642 g/mol. The highest BCUT2D eigenvalue weighted by Gasteiger charge is 2.33. The van der Waals surface area contributed by atoms with Gasteiger partial charge in [0.15, 0.2) is 5.82 Å². The first kappa shape index (κ1) is 30.7. The summed E-state index contributed by atoms with van der Waals surface area (Å²) in [6.45, 7) is 6.64. The normalized spacial score (nSPS) is 18.5. The van der Waals surface area contributed by atoms with Crippen molar-refractivity contribution in [3.05, 3.63) is 60.0 Å². The number of likely N-dealkylation sites (tertiary alicyclic amines) is 1. The first-order valence-electron chi connectivity index (χ1n) is 16.0. The zero-order valence-electron chi connectivity index (χ0n) is 27.0. The van der Waals surface area contributed by atoms with E-state index in [1.54, 1.807) is 52.4 Å². The standard InChI is InChI=1S/C34H39FN8O4/c1-34(2,3)47-33(45)39-25-13-24(35)18-41(19-25)32(44)23-10-26-29(28(12-23)46-4)43(17-21-14-37-38-15-21)31(40-26)27-11-22-6-5-9-36-30(22)42(27)16-20-7-8-20/h5-6,9-12,14-15,20,24-25H,7-8,13,16-19H2,1-4H3,(H,37,38)(H,39,45)/t24-,25-/m1/s1. The lowest BCUT2D eigenvalue weighted by molar-refractivity contribution is 0.0394. The molecule has 1 aromatic carbocycles. The van der Waals surface area contributed by atoms with E-state index in [0.29, 0.717) is 35.1 Å². The van der Waals surface area contributed by atoms with Crippen LogP contribution < -0.4 is 10.1 Å². The van der Waals surface area contributed by atoms with Gasteiger partial charge in [-0.15, -0.1) is 0 Å². The number of alkyl halides is 1. The van der Waals surface area contributed by atoms with Crippen molar-refractivity contribution in [2.24, 2.45) is 5.92 Å². The molecule has 4 aromatic heterocycles. The first-order chi connectivity index (χ1) is 22.6. The number of carbonyl (C=O) groups excluding carboxylic acids is 2. The summed E-state index contributed by atoms with van der Waals surface area (Å²) >= 11 is 0. The van der Waals surface area contributed by atoms with Crippen LogP contribution in [0.4, 0.5) is 9.18 Å². The number of H-pyrrole nitrogens is 1. The van der Waals surface area contributed by atoms with Crippen LogP contribution in [0.3, 0.4) is 0 Å². The summed E-state index contributed by atoms with van der Waals surface area (Å²) in [4.78, 5) is 37.6. The lowest BCUT2D eigenvalue weighted by Gasteiger charge is -2.35. The minimum atomic E-state index is -1.30. The zero-order valence-corrected chi connectivity index (χ0v) is 27.0. The van der Waals surface area contributed by atoms with Gasteiger partial charge in [0.05, 0.1) is 43.6 Å². The van der Waals surface area contributed by atoms with E-state index >= 15 is 0 Å². The highest BCUT2D eigenvalue weighted by atomic mass is 19.1. The second-order valence-corrected chi connectivity index (χ2v) is 13.6. The predicted molar refractivity (Wildman–Crippen MR) is 174 cm³/mol. The first-order valence-corrected chi connectivity index (χ1v) is 16.0. The Bertz CT molecular complexity index is 1940. The smallest absolute Gasteiger partial charge is 0.407 e. The van der Waals surface area contributed by atoms with Crippen LogP contribution in [0.2, 0.25) is 0 Å². The number of fused-ring (bicyclic) bond motifs is 2. The topological polar surface area (TPSA) is 132 Å². The zero-order chi connectivity index (χ0) is 32.9. The molecule has 0 bridgehead atoms. The summed E-state index contributed by atoms with van der Waals surface area (Å²) in [5.41, 5.74) is 3.69. The van der Waals surface area contributed by atoms with Gasteiger partial charge in [-0.2, -0.15) is 5.10 Å². The maximum atomic E-state index is 14.9. The van der Waals surface area contributed by atoms with Crippen LogP contribution in [0.25, 0.3) is 33.6 Å². The maximum absolute atomic E-state index is 14.9. The average Bonchev–Trinajstić information content (AvgIpc) is 3.38. The predicted octanol–water partition coefficient (Wildman–Crippen LogP) is 5.32. The molecule has 2 atom stereocenters. The Kier molecular flexibility index (Phi) is 7.85. The summed E-state index contributed by atoms with van der Waals surface area (Å²) < 4.78 is 30.5. The molecule has 2 amide bonds. The van der Waals surface area contributed by atoms with Crippen molar-refractivity contribution in [3.63, 3.8) is 0 Å². The van der Waals surface area contributed by atoms with Crippen molar-refractivity contribution in [2.45, 2.75) is 70.9 Å².